The first-order chi connectivity index (χ1) is 11.5. The monoisotopic (exact) mass is 399 g/mol. The third-order valence-electron chi connectivity index (χ3n) is 2.95. The van der Waals surface area contributed by atoms with Crippen molar-refractivity contribution >= 4 is 57.2 Å². The highest BCUT2D eigenvalue weighted by atomic mass is 35.5. The summed E-state index contributed by atoms with van der Waals surface area (Å²) in [5, 5.41) is 14.9. The summed E-state index contributed by atoms with van der Waals surface area (Å²) in [5.74, 6) is 6.44. The predicted octanol–water partition coefficient (Wildman–Crippen LogP) is 3.76. The molecule has 0 unspecified atom stereocenters. The summed E-state index contributed by atoms with van der Waals surface area (Å²) in [6.45, 7) is 0. The Bertz CT molecular complexity index is 866. The highest BCUT2D eigenvalue weighted by molar-refractivity contribution is 7.99. The average Bonchev–Trinajstić information content (AvgIpc) is 3.16. The minimum atomic E-state index is -0.142. The Kier molecular flexibility index (Phi) is 5.30. The molecule has 6 nitrogen and oxygen atoms in total. The summed E-state index contributed by atoms with van der Waals surface area (Å²) in [5.41, 5.74) is 0.617. The molecular formula is C14H11Cl2N5OS2. The zero-order chi connectivity index (χ0) is 17.1. The van der Waals surface area contributed by atoms with Crippen molar-refractivity contribution in [3.63, 3.8) is 0 Å². The second-order valence-corrected chi connectivity index (χ2v) is 7.35. The Balaban J connectivity index is 1.70. The van der Waals surface area contributed by atoms with Gasteiger partial charge in [0.25, 0.3) is 0 Å². The van der Waals surface area contributed by atoms with E-state index in [1.165, 1.54) is 27.8 Å². The van der Waals surface area contributed by atoms with Crippen molar-refractivity contribution in [1.82, 2.24) is 14.9 Å². The van der Waals surface area contributed by atoms with Gasteiger partial charge in [-0.1, -0.05) is 35.0 Å². The number of halogens is 2. The van der Waals surface area contributed by atoms with E-state index in [1.807, 2.05) is 17.5 Å². The molecule has 2 heterocycles. The maximum Gasteiger partial charge on any atom is 0.235 e. The molecular weight excluding hydrogens is 389 g/mol. The van der Waals surface area contributed by atoms with Gasteiger partial charge in [-0.2, -0.15) is 0 Å². The maximum atomic E-state index is 11.9. The average molecular weight is 400 g/mol. The van der Waals surface area contributed by atoms with Crippen LogP contribution in [0.3, 0.4) is 0 Å². The first-order valence-electron chi connectivity index (χ1n) is 6.66. The van der Waals surface area contributed by atoms with E-state index >= 15 is 0 Å². The fourth-order valence-corrected chi connectivity index (χ4v) is 3.67. The van der Waals surface area contributed by atoms with E-state index in [9.17, 15) is 4.79 Å². The van der Waals surface area contributed by atoms with Gasteiger partial charge in [0.05, 0.1) is 15.8 Å². The highest BCUT2D eigenvalue weighted by Crippen LogP contribution is 2.30. The highest BCUT2D eigenvalue weighted by Gasteiger charge is 2.16. The molecule has 0 radical (unpaired) electrons. The van der Waals surface area contributed by atoms with E-state index in [0.29, 0.717) is 26.6 Å². The van der Waals surface area contributed by atoms with Crippen LogP contribution in [0.15, 0.2) is 40.9 Å². The summed E-state index contributed by atoms with van der Waals surface area (Å²) in [4.78, 5) is 11.9. The molecule has 0 spiro atoms. The van der Waals surface area contributed by atoms with Crippen LogP contribution in [-0.2, 0) is 4.79 Å². The smallest absolute Gasteiger partial charge is 0.235 e. The fraction of sp³-hybridized carbons (Fsp3) is 0.0714. The predicted molar refractivity (Wildman–Crippen MR) is 99.3 cm³/mol. The van der Waals surface area contributed by atoms with Crippen LogP contribution in [0.5, 0.6) is 0 Å². The van der Waals surface area contributed by atoms with Gasteiger partial charge in [0.1, 0.15) is 0 Å². The zero-order valence-electron chi connectivity index (χ0n) is 12.1. The van der Waals surface area contributed by atoms with Crippen molar-refractivity contribution < 1.29 is 4.79 Å². The summed E-state index contributed by atoms with van der Waals surface area (Å²) >= 11 is 14.7. The first kappa shape index (κ1) is 17.1. The number of hydrogen-bond donors (Lipinski definition) is 2. The molecule has 0 aliphatic rings. The second-order valence-electron chi connectivity index (χ2n) is 4.61. The third-order valence-corrected chi connectivity index (χ3v) is 5.23. The number of benzene rings is 1. The molecule has 1 aromatic carbocycles. The summed E-state index contributed by atoms with van der Waals surface area (Å²) < 4.78 is 1.30. The van der Waals surface area contributed by atoms with Crippen LogP contribution in [0, 0.1) is 0 Å². The van der Waals surface area contributed by atoms with Crippen LogP contribution in [0.25, 0.3) is 11.4 Å². The Labute approximate surface area is 155 Å². The lowest BCUT2D eigenvalue weighted by Gasteiger charge is -2.06. The molecule has 0 fully saturated rings. The van der Waals surface area contributed by atoms with Crippen LogP contribution in [-0.4, -0.2) is 26.5 Å². The lowest BCUT2D eigenvalue weighted by molar-refractivity contribution is -0.113. The first-order valence-corrected chi connectivity index (χ1v) is 9.29. The topological polar surface area (TPSA) is 85.8 Å². The van der Waals surface area contributed by atoms with Gasteiger partial charge < -0.3 is 11.2 Å². The Morgan fingerprint density at radius 1 is 1.33 bits per heavy atom. The molecule has 10 heteroatoms. The normalized spacial score (nSPS) is 10.8. The van der Waals surface area contributed by atoms with Crippen LogP contribution in [0.1, 0.15) is 0 Å². The standard InChI is InChI=1S/C14H11Cl2N5OS2/c15-8-3-4-9(10(16)6-8)13-19-20-14(21(13)17)24-7-11(22)18-12-2-1-5-23-12/h1-6H,7,17H2,(H,18,22). The molecule has 3 rings (SSSR count). The van der Waals surface area contributed by atoms with E-state index in [4.69, 9.17) is 29.0 Å². The molecule has 2 aromatic heterocycles. The second kappa shape index (κ2) is 7.43. The van der Waals surface area contributed by atoms with Gasteiger partial charge in [0.2, 0.25) is 11.1 Å². The maximum absolute atomic E-state index is 11.9. The molecule has 24 heavy (non-hydrogen) atoms. The molecule has 3 N–H and O–H groups in total. The number of nitrogens with one attached hydrogen (secondary N) is 1. The SMILES string of the molecule is Nn1c(SCC(=O)Nc2cccs2)nnc1-c1ccc(Cl)cc1Cl. The van der Waals surface area contributed by atoms with Crippen molar-refractivity contribution in [3.8, 4) is 11.4 Å². The van der Waals surface area contributed by atoms with Crippen LogP contribution in [0.4, 0.5) is 5.00 Å². The Morgan fingerprint density at radius 3 is 2.88 bits per heavy atom. The fourth-order valence-electron chi connectivity index (χ4n) is 1.88. The molecule has 0 aliphatic heterocycles. The van der Waals surface area contributed by atoms with Crippen molar-refractivity contribution in [2.24, 2.45) is 0 Å². The van der Waals surface area contributed by atoms with Gasteiger partial charge >= 0.3 is 0 Å². The minimum absolute atomic E-state index is 0.142. The molecule has 0 aliphatic carbocycles. The van der Waals surface area contributed by atoms with Crippen LogP contribution in [0.2, 0.25) is 10.0 Å². The van der Waals surface area contributed by atoms with Crippen molar-refractivity contribution in [1.29, 1.82) is 0 Å². The number of hydrogen-bond acceptors (Lipinski definition) is 6. The number of thiophene rings is 1. The Hall–Kier alpha value is -1.74. The summed E-state index contributed by atoms with van der Waals surface area (Å²) in [6.07, 6.45) is 0. The van der Waals surface area contributed by atoms with Gasteiger partial charge in [-0.25, -0.2) is 4.68 Å². The van der Waals surface area contributed by atoms with E-state index in [0.717, 1.165) is 5.00 Å². The van der Waals surface area contributed by atoms with Crippen molar-refractivity contribution in [3.05, 3.63) is 45.8 Å². The molecule has 0 saturated heterocycles. The van der Waals surface area contributed by atoms with Crippen LogP contribution >= 0.6 is 46.3 Å². The molecule has 0 bridgehead atoms. The van der Waals surface area contributed by atoms with Gasteiger partial charge in [-0.05, 0) is 35.7 Å². The third kappa shape index (κ3) is 3.84. The molecule has 124 valence electrons. The lowest BCUT2D eigenvalue weighted by Crippen LogP contribution is -2.16. The minimum Gasteiger partial charge on any atom is -0.335 e. The lowest BCUT2D eigenvalue weighted by atomic mass is 10.2. The zero-order valence-corrected chi connectivity index (χ0v) is 15.2. The van der Waals surface area contributed by atoms with Gasteiger partial charge in [-0.3, -0.25) is 4.79 Å². The molecule has 3 aromatic rings. The number of amides is 1. The molecule has 0 atom stereocenters. The quantitative estimate of drug-likeness (QED) is 0.503. The summed E-state index contributed by atoms with van der Waals surface area (Å²) in [6, 6.07) is 8.72. The molecule has 0 saturated carbocycles. The van der Waals surface area contributed by atoms with Crippen LogP contribution < -0.4 is 11.2 Å². The van der Waals surface area contributed by atoms with Crippen molar-refractivity contribution in [2.45, 2.75) is 5.16 Å². The number of nitrogens with two attached hydrogens (primary N) is 1. The number of nitrogen functional groups attached to an aromatic ring is 1. The number of carbonyl (C=O) groups is 1. The number of carbonyl (C=O) groups excluding carboxylic acids is 1. The van der Waals surface area contributed by atoms with E-state index in [-0.39, 0.29) is 11.7 Å². The number of rotatable bonds is 5. The van der Waals surface area contributed by atoms with Gasteiger partial charge in [0.15, 0.2) is 5.82 Å². The number of aromatic nitrogens is 3. The van der Waals surface area contributed by atoms with Gasteiger partial charge in [0, 0.05) is 10.6 Å². The largest absolute Gasteiger partial charge is 0.335 e. The Morgan fingerprint density at radius 2 is 2.17 bits per heavy atom. The number of anilines is 1. The number of nitrogens with zero attached hydrogens (tertiary/aromatic N) is 3. The van der Waals surface area contributed by atoms with E-state index in [2.05, 4.69) is 15.5 Å². The summed E-state index contributed by atoms with van der Waals surface area (Å²) in [7, 11) is 0. The van der Waals surface area contributed by atoms with E-state index < -0.39 is 0 Å². The number of thioether (sulfide) groups is 1. The van der Waals surface area contributed by atoms with Crippen molar-refractivity contribution in [2.75, 3.05) is 16.9 Å². The van der Waals surface area contributed by atoms with E-state index in [1.54, 1.807) is 18.2 Å². The molecule has 1 amide bonds. The van der Waals surface area contributed by atoms with Gasteiger partial charge in [-0.15, -0.1) is 21.5 Å².